The second kappa shape index (κ2) is 9.07. The highest BCUT2D eigenvalue weighted by atomic mass is 32.1. The second-order valence-corrected chi connectivity index (χ2v) is 6.36. The fourth-order valence-electron chi connectivity index (χ4n) is 2.69. The van der Waals surface area contributed by atoms with Gasteiger partial charge in [0.25, 0.3) is 0 Å². The van der Waals surface area contributed by atoms with Gasteiger partial charge in [0.1, 0.15) is 18.5 Å². The van der Waals surface area contributed by atoms with E-state index in [1.807, 2.05) is 4.90 Å². The first-order chi connectivity index (χ1) is 12.7. The number of nitrogens with zero attached hydrogens (tertiary/aromatic N) is 2. The molecular weight excluding hydrogens is 380 g/mol. The van der Waals surface area contributed by atoms with E-state index < -0.39 is 23.7 Å². The van der Waals surface area contributed by atoms with Crippen LogP contribution in [0.25, 0.3) is 0 Å². The average molecular weight is 400 g/mol. The van der Waals surface area contributed by atoms with Crippen molar-refractivity contribution in [2.24, 2.45) is 5.73 Å². The van der Waals surface area contributed by atoms with Crippen LogP contribution < -0.4 is 15.8 Å². The van der Waals surface area contributed by atoms with Crippen LogP contribution in [0.4, 0.5) is 8.78 Å². The summed E-state index contributed by atoms with van der Waals surface area (Å²) in [7, 11) is 0. The van der Waals surface area contributed by atoms with E-state index in [0.717, 1.165) is 11.8 Å². The number of carboxylic acid groups (broad SMARTS) is 1. The predicted molar refractivity (Wildman–Crippen MR) is 97.0 cm³/mol. The van der Waals surface area contributed by atoms with Crippen molar-refractivity contribution in [2.45, 2.75) is 31.9 Å². The molecule has 10 heteroatoms. The number of aliphatic hydroxyl groups is 1. The number of fused-ring (bicyclic) bond motifs is 1. The van der Waals surface area contributed by atoms with Crippen LogP contribution >= 0.6 is 12.2 Å². The normalized spacial score (nSPS) is 19.1. The largest absolute Gasteiger partial charge is 0.488 e. The lowest BCUT2D eigenvalue weighted by Crippen LogP contribution is -2.44. The SMILES string of the molecule is C[C@@H](O)C(=O)O.NCCC1=C[N]C(=S)N1C1COc2c(F)cc(F)cc2C1. The molecule has 1 aromatic carbocycles. The average Bonchev–Trinajstić information content (AvgIpc) is 2.95. The summed E-state index contributed by atoms with van der Waals surface area (Å²) in [6, 6.07) is 2.00. The number of nitrogens with two attached hydrogens (primary N) is 1. The molecule has 1 radical (unpaired) electrons. The van der Waals surface area contributed by atoms with Gasteiger partial charge in [0.2, 0.25) is 0 Å². The molecule has 1 aromatic rings. The summed E-state index contributed by atoms with van der Waals surface area (Å²) in [5.41, 5.74) is 7.00. The zero-order chi connectivity index (χ0) is 20.1. The van der Waals surface area contributed by atoms with Crippen molar-refractivity contribution in [3.05, 3.63) is 41.2 Å². The smallest absolute Gasteiger partial charge is 0.332 e. The number of carboxylic acids is 1. The van der Waals surface area contributed by atoms with E-state index in [0.29, 0.717) is 30.1 Å². The summed E-state index contributed by atoms with van der Waals surface area (Å²) in [4.78, 5) is 11.3. The van der Waals surface area contributed by atoms with E-state index in [1.165, 1.54) is 13.0 Å². The molecule has 1 unspecified atom stereocenters. The predicted octanol–water partition coefficient (Wildman–Crippen LogP) is 1.12. The monoisotopic (exact) mass is 400 g/mol. The molecule has 7 nitrogen and oxygen atoms in total. The first kappa shape index (κ1) is 21.0. The lowest BCUT2D eigenvalue weighted by molar-refractivity contribution is -0.145. The van der Waals surface area contributed by atoms with Crippen molar-refractivity contribution in [1.29, 1.82) is 0 Å². The van der Waals surface area contributed by atoms with Crippen LogP contribution in [0.1, 0.15) is 18.9 Å². The molecule has 0 saturated heterocycles. The summed E-state index contributed by atoms with van der Waals surface area (Å²) in [6.07, 6.45) is 1.55. The molecule has 0 aromatic heterocycles. The van der Waals surface area contributed by atoms with Crippen molar-refractivity contribution >= 4 is 23.3 Å². The molecule has 0 bridgehead atoms. The molecular formula is C17H20F2N3O4S. The maximum absolute atomic E-state index is 13.7. The molecule has 0 amide bonds. The van der Waals surface area contributed by atoms with Gasteiger partial charge < -0.3 is 25.6 Å². The number of ether oxygens (including phenoxy) is 1. The molecule has 2 atom stereocenters. The number of rotatable bonds is 4. The van der Waals surface area contributed by atoms with E-state index in [2.05, 4.69) is 5.32 Å². The Morgan fingerprint density at radius 1 is 1.52 bits per heavy atom. The summed E-state index contributed by atoms with van der Waals surface area (Å²) < 4.78 is 32.5. The van der Waals surface area contributed by atoms with Crippen molar-refractivity contribution in [3.8, 4) is 5.75 Å². The van der Waals surface area contributed by atoms with E-state index in [9.17, 15) is 13.6 Å². The van der Waals surface area contributed by atoms with Gasteiger partial charge >= 0.3 is 5.97 Å². The van der Waals surface area contributed by atoms with Gasteiger partial charge in [0, 0.05) is 36.4 Å². The first-order valence-electron chi connectivity index (χ1n) is 8.19. The lowest BCUT2D eigenvalue weighted by atomic mass is 10.0. The third kappa shape index (κ3) is 5.12. The maximum atomic E-state index is 13.7. The highest BCUT2D eigenvalue weighted by Gasteiger charge is 2.33. The minimum absolute atomic E-state index is 0.124. The highest BCUT2D eigenvalue weighted by Crippen LogP contribution is 2.32. The van der Waals surface area contributed by atoms with Crippen LogP contribution in [0.2, 0.25) is 0 Å². The van der Waals surface area contributed by atoms with Crippen LogP contribution in [-0.4, -0.2) is 51.5 Å². The molecule has 3 rings (SSSR count). The number of hydrogen-bond acceptors (Lipinski definition) is 5. The zero-order valence-electron chi connectivity index (χ0n) is 14.6. The number of thiocarbonyl (C=S) groups is 1. The standard InChI is InChI=1S/C14H14F2N3OS.C3H6O3/c15-9-3-8-4-11(7-20-13(8)12(16)5-9)19-10(1-2-17)6-18-14(19)21;1-2(4)3(5)6/h3,5-6,11H,1-2,4,7,17H2;2,4H,1H3,(H,5,6)/t;2-/m.1/s1. The number of carbonyl (C=O) groups is 1. The van der Waals surface area contributed by atoms with E-state index in [1.54, 1.807) is 6.20 Å². The maximum Gasteiger partial charge on any atom is 0.332 e. The van der Waals surface area contributed by atoms with Gasteiger partial charge in [-0.1, -0.05) is 0 Å². The van der Waals surface area contributed by atoms with E-state index in [4.69, 9.17) is 32.9 Å². The third-order valence-electron chi connectivity index (χ3n) is 3.92. The summed E-state index contributed by atoms with van der Waals surface area (Å²) in [5, 5.41) is 20.3. The number of hydrogen-bond donors (Lipinski definition) is 3. The topological polar surface area (TPSA) is 110 Å². The van der Waals surface area contributed by atoms with Gasteiger partial charge in [0.05, 0.1) is 6.04 Å². The van der Waals surface area contributed by atoms with Crippen LogP contribution in [0.15, 0.2) is 24.0 Å². The van der Waals surface area contributed by atoms with Gasteiger partial charge in [-0.25, -0.2) is 18.9 Å². The van der Waals surface area contributed by atoms with Crippen LogP contribution in [0.5, 0.6) is 5.75 Å². The van der Waals surface area contributed by atoms with Crippen LogP contribution in [0, 0.1) is 11.6 Å². The van der Waals surface area contributed by atoms with Crippen molar-refractivity contribution < 1.29 is 28.5 Å². The Morgan fingerprint density at radius 2 is 2.19 bits per heavy atom. The quantitative estimate of drug-likeness (QED) is 0.650. The van der Waals surface area contributed by atoms with Gasteiger partial charge in [-0.15, -0.1) is 0 Å². The van der Waals surface area contributed by atoms with Crippen LogP contribution in [0.3, 0.4) is 0 Å². The molecule has 2 aliphatic heterocycles. The second-order valence-electron chi connectivity index (χ2n) is 6.00. The molecule has 2 heterocycles. The molecule has 147 valence electrons. The number of halogens is 2. The molecule has 0 spiro atoms. The first-order valence-corrected chi connectivity index (χ1v) is 8.60. The summed E-state index contributed by atoms with van der Waals surface area (Å²) in [5.74, 6) is -2.34. The number of aliphatic carboxylic acids is 1. The minimum atomic E-state index is -1.23. The van der Waals surface area contributed by atoms with E-state index >= 15 is 0 Å². The molecule has 27 heavy (non-hydrogen) atoms. The molecule has 0 fully saturated rings. The Kier molecular flexibility index (Phi) is 7.05. The van der Waals surface area contributed by atoms with E-state index in [-0.39, 0.29) is 18.4 Å². The lowest BCUT2D eigenvalue weighted by Gasteiger charge is -2.34. The Hall–Kier alpha value is -2.30. The Bertz CT molecular complexity index is 758. The molecule has 2 aliphatic rings. The third-order valence-corrected chi connectivity index (χ3v) is 4.23. The van der Waals surface area contributed by atoms with Gasteiger partial charge in [-0.05, 0) is 31.8 Å². The van der Waals surface area contributed by atoms with Gasteiger partial charge in [0.15, 0.2) is 16.7 Å². The van der Waals surface area contributed by atoms with Crippen molar-refractivity contribution in [3.63, 3.8) is 0 Å². The summed E-state index contributed by atoms with van der Waals surface area (Å²) >= 11 is 5.23. The zero-order valence-corrected chi connectivity index (χ0v) is 15.4. The van der Waals surface area contributed by atoms with Gasteiger partial charge in [-0.2, -0.15) is 0 Å². The Morgan fingerprint density at radius 3 is 2.78 bits per heavy atom. The highest BCUT2D eigenvalue weighted by molar-refractivity contribution is 7.80. The van der Waals surface area contributed by atoms with Crippen molar-refractivity contribution in [1.82, 2.24) is 10.2 Å². The van der Waals surface area contributed by atoms with Crippen LogP contribution in [-0.2, 0) is 11.2 Å². The molecule has 0 aliphatic carbocycles. The molecule has 4 N–H and O–H groups in total. The number of aliphatic hydroxyl groups excluding tert-OH is 1. The minimum Gasteiger partial charge on any atom is -0.488 e. The fraction of sp³-hybridized carbons (Fsp3) is 0.412. The fourth-order valence-corrected chi connectivity index (χ4v) is 3.00. The Labute approximate surface area is 160 Å². The summed E-state index contributed by atoms with van der Waals surface area (Å²) in [6.45, 7) is 1.95. The number of benzene rings is 1. The molecule has 0 saturated carbocycles. The Balaban J connectivity index is 0.000000380. The van der Waals surface area contributed by atoms with Crippen molar-refractivity contribution in [2.75, 3.05) is 13.2 Å². The van der Waals surface area contributed by atoms with Gasteiger partial charge in [-0.3, -0.25) is 0 Å².